The molecule has 1 heterocycles. The second kappa shape index (κ2) is 2.57. The first-order valence-corrected chi connectivity index (χ1v) is 2.78. The van der Waals surface area contributed by atoms with Gasteiger partial charge in [0, 0.05) is 12.4 Å². The molecule has 1 aliphatic rings. The van der Waals surface area contributed by atoms with E-state index in [1.165, 1.54) is 17.0 Å². The molecule has 0 radical (unpaired) electrons. The summed E-state index contributed by atoms with van der Waals surface area (Å²) in [5.74, 6) is 5.31. The van der Waals surface area contributed by atoms with Crippen molar-refractivity contribution in [2.75, 3.05) is 13.8 Å². The summed E-state index contributed by atoms with van der Waals surface area (Å²) in [5.41, 5.74) is 0. The van der Waals surface area contributed by atoms with Crippen molar-refractivity contribution in [3.05, 3.63) is 12.4 Å². The minimum atomic E-state index is -0.399. The quantitative estimate of drug-likeness (QED) is 0.472. The van der Waals surface area contributed by atoms with Crippen molar-refractivity contribution in [1.82, 2.24) is 9.91 Å². The number of carbonyl (C=O) groups is 1. The maximum absolute atomic E-state index is 10.7. The molecule has 5 nitrogen and oxygen atoms in total. The predicted octanol–water partition coefficient (Wildman–Crippen LogP) is -0.327. The molecule has 0 saturated carbocycles. The molecule has 5 heteroatoms. The highest BCUT2D eigenvalue weighted by Gasteiger charge is 2.16. The van der Waals surface area contributed by atoms with E-state index in [2.05, 4.69) is 4.74 Å². The number of nitrogens with two attached hydrogens (primary N) is 1. The fraction of sp³-hybridized carbons (Fsp3) is 0.400. The number of rotatable bonds is 0. The molecule has 0 spiro atoms. The van der Waals surface area contributed by atoms with Gasteiger partial charge in [-0.2, -0.15) is 0 Å². The fourth-order valence-electron chi connectivity index (χ4n) is 0.672. The summed E-state index contributed by atoms with van der Waals surface area (Å²) in [4.78, 5) is 12.1. The standard InChI is InChI=1S/C5H9N3O2/c1-10-5(9)7-2-3-8(6)4-7/h2-3H,4,6H2,1H3. The van der Waals surface area contributed by atoms with Gasteiger partial charge in [-0.3, -0.25) is 9.91 Å². The SMILES string of the molecule is COC(=O)N1C=CN(N)C1. The zero-order valence-electron chi connectivity index (χ0n) is 5.65. The molecule has 1 amide bonds. The molecule has 0 saturated heterocycles. The summed E-state index contributed by atoms with van der Waals surface area (Å²) in [6, 6.07) is 0. The van der Waals surface area contributed by atoms with Gasteiger partial charge in [-0.05, 0) is 0 Å². The predicted molar refractivity (Wildman–Crippen MR) is 34.3 cm³/mol. The zero-order chi connectivity index (χ0) is 7.56. The number of hydrazine groups is 1. The molecule has 2 N–H and O–H groups in total. The molecular weight excluding hydrogens is 134 g/mol. The molecule has 0 fully saturated rings. The number of ether oxygens (including phenoxy) is 1. The van der Waals surface area contributed by atoms with Gasteiger partial charge in [0.2, 0.25) is 0 Å². The maximum atomic E-state index is 10.7. The van der Waals surface area contributed by atoms with E-state index in [1.807, 2.05) is 0 Å². The Hall–Kier alpha value is -1.23. The lowest BCUT2D eigenvalue weighted by molar-refractivity contribution is 0.131. The largest absolute Gasteiger partial charge is 0.452 e. The van der Waals surface area contributed by atoms with E-state index in [0.29, 0.717) is 6.67 Å². The lowest BCUT2D eigenvalue weighted by Crippen LogP contribution is -2.33. The molecule has 0 aromatic heterocycles. The van der Waals surface area contributed by atoms with Crippen LogP contribution in [0.1, 0.15) is 0 Å². The van der Waals surface area contributed by atoms with Crippen LogP contribution < -0.4 is 5.84 Å². The van der Waals surface area contributed by atoms with Crippen molar-refractivity contribution in [3.63, 3.8) is 0 Å². The van der Waals surface area contributed by atoms with Gasteiger partial charge in [0.15, 0.2) is 0 Å². The van der Waals surface area contributed by atoms with Crippen LogP contribution in [0, 0.1) is 0 Å². The Balaban J connectivity index is 2.46. The summed E-state index contributed by atoms with van der Waals surface area (Å²) in [6.07, 6.45) is 2.76. The third kappa shape index (κ3) is 1.19. The Morgan fingerprint density at radius 3 is 2.80 bits per heavy atom. The van der Waals surface area contributed by atoms with Crippen molar-refractivity contribution < 1.29 is 9.53 Å². The maximum Gasteiger partial charge on any atom is 0.415 e. The van der Waals surface area contributed by atoms with E-state index < -0.39 is 6.09 Å². The molecule has 0 aliphatic carbocycles. The van der Waals surface area contributed by atoms with Gasteiger partial charge in [-0.25, -0.2) is 10.6 Å². The fourth-order valence-corrected chi connectivity index (χ4v) is 0.672. The van der Waals surface area contributed by atoms with Crippen LogP contribution in [-0.2, 0) is 4.74 Å². The smallest absolute Gasteiger partial charge is 0.415 e. The number of methoxy groups -OCH3 is 1. The van der Waals surface area contributed by atoms with Crippen molar-refractivity contribution in [1.29, 1.82) is 0 Å². The third-order valence-electron chi connectivity index (χ3n) is 1.16. The average molecular weight is 143 g/mol. The van der Waals surface area contributed by atoms with E-state index in [0.717, 1.165) is 0 Å². The molecule has 0 aromatic carbocycles. The molecule has 56 valence electrons. The minimum Gasteiger partial charge on any atom is -0.452 e. The van der Waals surface area contributed by atoms with Crippen molar-refractivity contribution in [2.45, 2.75) is 0 Å². The van der Waals surface area contributed by atoms with Crippen LogP contribution in [0.15, 0.2) is 12.4 Å². The van der Waals surface area contributed by atoms with Crippen LogP contribution in [-0.4, -0.2) is 29.8 Å². The average Bonchev–Trinajstić information content (AvgIpc) is 2.34. The molecule has 1 aliphatic heterocycles. The van der Waals surface area contributed by atoms with E-state index >= 15 is 0 Å². The lowest BCUT2D eigenvalue weighted by atomic mass is 10.8. The van der Waals surface area contributed by atoms with Gasteiger partial charge >= 0.3 is 6.09 Å². The zero-order valence-corrected chi connectivity index (χ0v) is 5.65. The van der Waals surface area contributed by atoms with Gasteiger partial charge in [-0.1, -0.05) is 0 Å². The number of hydrogen-bond donors (Lipinski definition) is 1. The van der Waals surface area contributed by atoms with E-state index in [9.17, 15) is 4.79 Å². The Labute approximate surface area is 58.6 Å². The molecule has 1 rings (SSSR count). The van der Waals surface area contributed by atoms with Gasteiger partial charge in [-0.15, -0.1) is 0 Å². The highest BCUT2D eigenvalue weighted by Crippen LogP contribution is 2.02. The Bertz CT molecular complexity index is 168. The third-order valence-corrected chi connectivity index (χ3v) is 1.16. The Kier molecular flexibility index (Phi) is 1.77. The first-order chi connectivity index (χ1) is 4.74. The summed E-state index contributed by atoms with van der Waals surface area (Å²) >= 11 is 0. The van der Waals surface area contributed by atoms with Crippen LogP contribution in [0.25, 0.3) is 0 Å². The van der Waals surface area contributed by atoms with E-state index in [1.54, 1.807) is 12.4 Å². The van der Waals surface area contributed by atoms with Crippen molar-refractivity contribution >= 4 is 6.09 Å². The van der Waals surface area contributed by atoms with Crippen molar-refractivity contribution in [3.8, 4) is 0 Å². The highest BCUT2D eigenvalue weighted by molar-refractivity contribution is 5.68. The normalized spacial score (nSPS) is 16.2. The van der Waals surface area contributed by atoms with Gasteiger partial charge in [0.05, 0.1) is 7.11 Å². The van der Waals surface area contributed by atoms with Crippen LogP contribution in [0.4, 0.5) is 4.79 Å². The topological polar surface area (TPSA) is 58.8 Å². The first kappa shape index (κ1) is 6.88. The summed E-state index contributed by atoms with van der Waals surface area (Å²) in [7, 11) is 1.33. The Morgan fingerprint density at radius 2 is 2.40 bits per heavy atom. The first-order valence-electron chi connectivity index (χ1n) is 2.78. The second-order valence-corrected chi connectivity index (χ2v) is 1.89. The van der Waals surface area contributed by atoms with Crippen LogP contribution in [0.2, 0.25) is 0 Å². The molecule has 0 unspecified atom stereocenters. The summed E-state index contributed by atoms with van der Waals surface area (Å²) < 4.78 is 4.44. The van der Waals surface area contributed by atoms with Crippen LogP contribution in [0.5, 0.6) is 0 Å². The minimum absolute atomic E-state index is 0.354. The number of amides is 1. The Morgan fingerprint density at radius 1 is 1.70 bits per heavy atom. The second-order valence-electron chi connectivity index (χ2n) is 1.89. The summed E-state index contributed by atoms with van der Waals surface area (Å²) in [5, 5.41) is 1.39. The molecule has 0 bridgehead atoms. The van der Waals surface area contributed by atoms with Gasteiger partial charge in [0.25, 0.3) is 0 Å². The number of hydrogen-bond acceptors (Lipinski definition) is 4. The van der Waals surface area contributed by atoms with Crippen LogP contribution >= 0.6 is 0 Å². The molecule has 10 heavy (non-hydrogen) atoms. The number of carbonyl (C=O) groups excluding carboxylic acids is 1. The lowest BCUT2D eigenvalue weighted by Gasteiger charge is -2.13. The summed E-state index contributed by atoms with van der Waals surface area (Å²) in [6.45, 7) is 0.354. The highest BCUT2D eigenvalue weighted by atomic mass is 16.5. The molecular formula is C5H9N3O2. The van der Waals surface area contributed by atoms with Crippen LogP contribution in [0.3, 0.4) is 0 Å². The molecule has 0 aromatic rings. The van der Waals surface area contributed by atoms with Crippen molar-refractivity contribution in [2.24, 2.45) is 5.84 Å². The van der Waals surface area contributed by atoms with E-state index in [4.69, 9.17) is 5.84 Å². The van der Waals surface area contributed by atoms with Gasteiger partial charge < -0.3 is 4.74 Å². The van der Waals surface area contributed by atoms with E-state index in [-0.39, 0.29) is 0 Å². The number of nitrogens with zero attached hydrogens (tertiary/aromatic N) is 2. The monoisotopic (exact) mass is 143 g/mol. The molecule has 0 atom stereocenters. The van der Waals surface area contributed by atoms with Gasteiger partial charge in [0.1, 0.15) is 6.67 Å².